The molecule has 0 saturated carbocycles. The molecule has 0 unspecified atom stereocenters. The van der Waals surface area contributed by atoms with Gasteiger partial charge in [-0.25, -0.2) is 14.4 Å². The number of rotatable bonds is 10. The first-order valence-corrected chi connectivity index (χ1v) is 7.42. The number of carbonyl (C=O) groups excluding carboxylic acids is 3. The van der Waals surface area contributed by atoms with Crippen LogP contribution in [-0.2, 0) is 19.0 Å². The Hall–Kier alpha value is -2.87. The smallest absolute Gasteiger partial charge is 0.408 e. The topological polar surface area (TPSA) is 103 Å². The molecule has 8 nitrogen and oxygen atoms in total. The van der Waals surface area contributed by atoms with Crippen LogP contribution in [0.5, 0.6) is 0 Å². The van der Waals surface area contributed by atoms with Crippen molar-refractivity contribution >= 4 is 18.2 Å². The van der Waals surface area contributed by atoms with Gasteiger partial charge in [0.05, 0.1) is 6.61 Å². The molecule has 0 aromatic carbocycles. The number of unbranched alkanes of at least 4 members (excludes halogenated alkanes) is 1. The first-order valence-electron chi connectivity index (χ1n) is 7.42. The third-order valence-corrected chi connectivity index (χ3v) is 2.63. The van der Waals surface area contributed by atoms with Crippen LogP contribution in [0.25, 0.3) is 0 Å². The number of carbonyl (C=O) groups is 3. The first kappa shape index (κ1) is 21.1. The quantitative estimate of drug-likeness (QED) is 0.264. The molecule has 0 aliphatic carbocycles. The molecule has 0 bridgehead atoms. The van der Waals surface area contributed by atoms with Gasteiger partial charge in [0.15, 0.2) is 13.2 Å². The van der Waals surface area contributed by atoms with Crippen LogP contribution in [0.2, 0.25) is 0 Å². The van der Waals surface area contributed by atoms with Crippen molar-refractivity contribution in [3.63, 3.8) is 0 Å². The Bertz CT molecular complexity index is 492. The van der Waals surface area contributed by atoms with Crippen molar-refractivity contribution in [3.05, 3.63) is 0 Å². The lowest BCUT2D eigenvalue weighted by Crippen LogP contribution is -2.42. The molecule has 0 saturated heterocycles. The summed E-state index contributed by atoms with van der Waals surface area (Å²) in [6, 6.07) is -0.844. The van der Waals surface area contributed by atoms with Gasteiger partial charge in [-0.2, -0.15) is 0 Å². The lowest BCUT2D eigenvalue weighted by molar-refractivity contribution is -0.145. The van der Waals surface area contributed by atoms with Crippen LogP contribution in [0.1, 0.15) is 26.2 Å². The molecule has 0 aliphatic rings. The summed E-state index contributed by atoms with van der Waals surface area (Å²) in [4.78, 5) is 34.4. The average molecular weight is 338 g/mol. The average Bonchev–Trinajstić information content (AvgIpc) is 2.56. The molecule has 0 spiro atoms. The highest BCUT2D eigenvalue weighted by Crippen LogP contribution is 2.04. The Morgan fingerprint density at radius 2 is 1.62 bits per heavy atom. The van der Waals surface area contributed by atoms with Gasteiger partial charge in [0.25, 0.3) is 0 Å². The van der Waals surface area contributed by atoms with Gasteiger partial charge >= 0.3 is 18.2 Å². The Labute approximate surface area is 141 Å². The van der Waals surface area contributed by atoms with Gasteiger partial charge in [-0.15, -0.1) is 12.8 Å². The summed E-state index contributed by atoms with van der Waals surface area (Å²) in [5, 5.41) is 4.91. The van der Waals surface area contributed by atoms with Crippen molar-refractivity contribution in [1.82, 2.24) is 10.6 Å². The lowest BCUT2D eigenvalue weighted by Gasteiger charge is -2.16. The van der Waals surface area contributed by atoms with E-state index in [0.29, 0.717) is 25.8 Å². The van der Waals surface area contributed by atoms with Crippen molar-refractivity contribution in [2.24, 2.45) is 0 Å². The van der Waals surface area contributed by atoms with Crippen LogP contribution in [0.3, 0.4) is 0 Å². The first-order chi connectivity index (χ1) is 11.5. The Morgan fingerprint density at radius 3 is 2.21 bits per heavy atom. The predicted molar refractivity (Wildman–Crippen MR) is 85.8 cm³/mol. The molecular weight excluding hydrogens is 316 g/mol. The molecule has 0 radical (unpaired) electrons. The van der Waals surface area contributed by atoms with Crippen molar-refractivity contribution in [1.29, 1.82) is 0 Å². The fraction of sp³-hybridized carbons (Fsp3) is 0.562. The van der Waals surface area contributed by atoms with Crippen LogP contribution in [0.15, 0.2) is 0 Å². The van der Waals surface area contributed by atoms with Crippen molar-refractivity contribution in [3.8, 4) is 24.7 Å². The second kappa shape index (κ2) is 13.8. The van der Waals surface area contributed by atoms with Gasteiger partial charge in [0, 0.05) is 6.54 Å². The zero-order valence-corrected chi connectivity index (χ0v) is 13.6. The van der Waals surface area contributed by atoms with E-state index in [1.54, 1.807) is 6.92 Å². The van der Waals surface area contributed by atoms with Crippen LogP contribution in [0.4, 0.5) is 9.59 Å². The third kappa shape index (κ3) is 10.8. The monoisotopic (exact) mass is 338 g/mol. The maximum absolute atomic E-state index is 11.8. The minimum atomic E-state index is -0.844. The van der Waals surface area contributed by atoms with E-state index >= 15 is 0 Å². The highest BCUT2D eigenvalue weighted by Gasteiger charge is 2.22. The van der Waals surface area contributed by atoms with E-state index in [4.69, 9.17) is 17.6 Å². The van der Waals surface area contributed by atoms with Crippen LogP contribution < -0.4 is 10.6 Å². The van der Waals surface area contributed by atoms with Crippen molar-refractivity contribution in [2.45, 2.75) is 32.2 Å². The van der Waals surface area contributed by atoms with E-state index in [0.717, 1.165) is 0 Å². The van der Waals surface area contributed by atoms with Crippen LogP contribution >= 0.6 is 0 Å². The van der Waals surface area contributed by atoms with Crippen LogP contribution in [-0.4, -0.2) is 50.6 Å². The van der Waals surface area contributed by atoms with Gasteiger partial charge in [-0.1, -0.05) is 11.8 Å². The molecule has 0 rings (SSSR count). The normalized spacial score (nSPS) is 10.5. The Balaban J connectivity index is 4.15. The molecule has 8 heteroatoms. The van der Waals surface area contributed by atoms with Crippen LogP contribution in [0, 0.1) is 24.7 Å². The van der Waals surface area contributed by atoms with E-state index in [1.807, 2.05) is 0 Å². The molecule has 2 N–H and O–H groups in total. The molecule has 0 fully saturated rings. The summed E-state index contributed by atoms with van der Waals surface area (Å²) >= 11 is 0. The number of hydrogen-bond acceptors (Lipinski definition) is 6. The van der Waals surface area contributed by atoms with Gasteiger partial charge in [-0.05, 0) is 26.2 Å². The second-order valence-corrected chi connectivity index (χ2v) is 4.43. The fourth-order valence-electron chi connectivity index (χ4n) is 1.61. The number of ether oxygens (including phenoxy) is 3. The number of terminal acetylenes is 2. The zero-order valence-electron chi connectivity index (χ0n) is 13.6. The number of alkyl carbamates (subject to hydrolysis) is 2. The minimum absolute atomic E-state index is 0.0968. The third-order valence-electron chi connectivity index (χ3n) is 2.63. The van der Waals surface area contributed by atoms with E-state index in [9.17, 15) is 14.4 Å². The van der Waals surface area contributed by atoms with Gasteiger partial charge < -0.3 is 24.8 Å². The van der Waals surface area contributed by atoms with Crippen molar-refractivity contribution < 1.29 is 28.6 Å². The van der Waals surface area contributed by atoms with E-state index in [2.05, 4.69) is 31.9 Å². The maximum atomic E-state index is 11.8. The van der Waals surface area contributed by atoms with Gasteiger partial charge in [0.2, 0.25) is 0 Å². The summed E-state index contributed by atoms with van der Waals surface area (Å²) in [7, 11) is 0. The molecule has 0 aromatic heterocycles. The highest BCUT2D eigenvalue weighted by atomic mass is 16.6. The molecule has 2 amide bonds. The molecule has 0 aromatic rings. The number of nitrogens with one attached hydrogen (secondary N) is 2. The summed E-state index contributed by atoms with van der Waals surface area (Å²) in [6.45, 7) is 1.92. The summed E-state index contributed by atoms with van der Waals surface area (Å²) < 4.78 is 14.2. The van der Waals surface area contributed by atoms with E-state index in [-0.39, 0.29) is 19.8 Å². The summed E-state index contributed by atoms with van der Waals surface area (Å²) in [5.41, 5.74) is 0. The molecule has 1 atom stereocenters. The minimum Gasteiger partial charge on any atom is -0.464 e. The summed E-state index contributed by atoms with van der Waals surface area (Å²) in [6.07, 6.45) is 9.99. The number of esters is 1. The Kier molecular flexibility index (Phi) is 12.1. The molecule has 132 valence electrons. The van der Waals surface area contributed by atoms with E-state index < -0.39 is 24.2 Å². The largest absolute Gasteiger partial charge is 0.464 e. The number of hydrogen-bond donors (Lipinski definition) is 2. The zero-order chi connectivity index (χ0) is 18.2. The van der Waals surface area contributed by atoms with E-state index in [1.165, 1.54) is 0 Å². The molecular formula is C16H22N2O6. The second-order valence-electron chi connectivity index (χ2n) is 4.43. The standard InChI is InChI=1S/C16H22N2O6/c1-4-11-23-15(20)17-10-8-7-9-13(14(19)22-6-3)18-16(21)24-12-5-2/h1-2,13H,6-12H2,3H3,(H,17,20)(H,18,21)/t13-/m0/s1. The predicted octanol–water partition coefficient (Wildman–Crippen LogP) is 0.807. The highest BCUT2D eigenvalue weighted by molar-refractivity contribution is 5.81. The number of amides is 2. The Morgan fingerprint density at radius 1 is 1.00 bits per heavy atom. The SMILES string of the molecule is C#CCOC(=O)NCCCC[C@H](NC(=O)OCC#C)C(=O)OCC. The maximum Gasteiger partial charge on any atom is 0.408 e. The van der Waals surface area contributed by atoms with Gasteiger partial charge in [-0.3, -0.25) is 0 Å². The van der Waals surface area contributed by atoms with Crippen molar-refractivity contribution in [2.75, 3.05) is 26.4 Å². The molecule has 0 aliphatic heterocycles. The molecule has 24 heavy (non-hydrogen) atoms. The van der Waals surface area contributed by atoms with Gasteiger partial charge in [0.1, 0.15) is 6.04 Å². The summed E-state index contributed by atoms with van der Waals surface area (Å²) in [5.74, 6) is 3.76. The fourth-order valence-corrected chi connectivity index (χ4v) is 1.61. The lowest BCUT2D eigenvalue weighted by atomic mass is 10.1. The molecule has 0 heterocycles.